The van der Waals surface area contributed by atoms with E-state index in [0.29, 0.717) is 10.0 Å². The van der Waals surface area contributed by atoms with Gasteiger partial charge in [0, 0.05) is 16.8 Å². The number of hydrogen-bond donors (Lipinski definition) is 1. The van der Waals surface area contributed by atoms with Gasteiger partial charge >= 0.3 is 0 Å². The van der Waals surface area contributed by atoms with E-state index in [-0.39, 0.29) is 6.04 Å². The third kappa shape index (κ3) is 2.94. The van der Waals surface area contributed by atoms with Crippen LogP contribution in [0, 0.1) is 13.8 Å². The van der Waals surface area contributed by atoms with Gasteiger partial charge in [-0.05, 0) is 51.0 Å². The normalized spacial score (nSPS) is 12.7. The van der Waals surface area contributed by atoms with Crippen molar-refractivity contribution >= 4 is 23.2 Å². The second-order valence-electron chi connectivity index (χ2n) is 4.84. The van der Waals surface area contributed by atoms with E-state index in [1.165, 1.54) is 5.56 Å². The highest BCUT2D eigenvalue weighted by molar-refractivity contribution is 6.35. The molecule has 102 valence electrons. The molecule has 5 heteroatoms. The van der Waals surface area contributed by atoms with E-state index in [0.717, 1.165) is 23.5 Å². The number of nitrogens with zero attached hydrogens (tertiary/aromatic N) is 2. The lowest BCUT2D eigenvalue weighted by molar-refractivity contribution is 0.730. The summed E-state index contributed by atoms with van der Waals surface area (Å²) in [5, 5.41) is 5.76. The Kier molecular flexibility index (Phi) is 4.19. The maximum atomic E-state index is 6.23. The minimum atomic E-state index is 0.107. The Morgan fingerprint density at radius 2 is 2.00 bits per heavy atom. The summed E-state index contributed by atoms with van der Waals surface area (Å²) in [6.45, 7) is 6.01. The second-order valence-corrected chi connectivity index (χ2v) is 5.68. The average molecular weight is 298 g/mol. The number of benzene rings is 1. The van der Waals surface area contributed by atoms with Gasteiger partial charge in [0.05, 0.1) is 16.4 Å². The lowest BCUT2D eigenvalue weighted by Crippen LogP contribution is -2.18. The highest BCUT2D eigenvalue weighted by Gasteiger charge is 2.15. The standard InChI is InChI=1S/C14H17Cl2N3/c1-8(17)6-12-9(2)18-19(10(12)3)14-5-4-11(15)7-13(14)16/h4-5,7-8H,6,17H2,1-3H3. The van der Waals surface area contributed by atoms with E-state index in [2.05, 4.69) is 5.10 Å². The van der Waals surface area contributed by atoms with Crippen LogP contribution in [0.25, 0.3) is 5.69 Å². The maximum absolute atomic E-state index is 6.23. The first-order chi connectivity index (χ1) is 8.90. The minimum Gasteiger partial charge on any atom is -0.328 e. The van der Waals surface area contributed by atoms with Crippen molar-refractivity contribution in [2.24, 2.45) is 5.73 Å². The molecular weight excluding hydrogens is 281 g/mol. The molecule has 0 aliphatic heterocycles. The molecule has 0 aliphatic carbocycles. The summed E-state index contributed by atoms with van der Waals surface area (Å²) >= 11 is 12.2. The van der Waals surface area contributed by atoms with Crippen molar-refractivity contribution in [1.29, 1.82) is 0 Å². The van der Waals surface area contributed by atoms with Crippen molar-refractivity contribution in [3.8, 4) is 5.69 Å². The van der Waals surface area contributed by atoms with E-state index in [4.69, 9.17) is 28.9 Å². The zero-order chi connectivity index (χ0) is 14.2. The van der Waals surface area contributed by atoms with E-state index in [1.807, 2.05) is 37.6 Å². The highest BCUT2D eigenvalue weighted by Crippen LogP contribution is 2.27. The molecule has 1 atom stereocenters. The molecule has 2 N–H and O–H groups in total. The van der Waals surface area contributed by atoms with Crippen molar-refractivity contribution in [2.45, 2.75) is 33.2 Å². The van der Waals surface area contributed by atoms with Crippen molar-refractivity contribution in [3.63, 3.8) is 0 Å². The monoisotopic (exact) mass is 297 g/mol. The summed E-state index contributed by atoms with van der Waals surface area (Å²) in [4.78, 5) is 0. The van der Waals surface area contributed by atoms with Gasteiger partial charge in [-0.3, -0.25) is 0 Å². The molecule has 0 radical (unpaired) electrons. The van der Waals surface area contributed by atoms with Crippen LogP contribution in [0.2, 0.25) is 10.0 Å². The molecule has 1 aromatic carbocycles. The fourth-order valence-electron chi connectivity index (χ4n) is 2.18. The van der Waals surface area contributed by atoms with Crippen LogP contribution < -0.4 is 5.73 Å². The Morgan fingerprint density at radius 3 is 2.58 bits per heavy atom. The predicted octanol–water partition coefficient (Wildman–Crippen LogP) is 3.69. The summed E-state index contributed by atoms with van der Waals surface area (Å²) in [7, 11) is 0. The Morgan fingerprint density at radius 1 is 1.32 bits per heavy atom. The predicted molar refractivity (Wildman–Crippen MR) is 80.4 cm³/mol. The highest BCUT2D eigenvalue weighted by atomic mass is 35.5. The molecule has 1 heterocycles. The summed E-state index contributed by atoms with van der Waals surface area (Å²) in [6.07, 6.45) is 0.808. The van der Waals surface area contributed by atoms with Crippen molar-refractivity contribution in [1.82, 2.24) is 9.78 Å². The molecule has 0 aliphatic rings. The lowest BCUT2D eigenvalue weighted by atomic mass is 10.1. The van der Waals surface area contributed by atoms with Crippen LogP contribution in [0.5, 0.6) is 0 Å². The molecule has 3 nitrogen and oxygen atoms in total. The lowest BCUT2D eigenvalue weighted by Gasteiger charge is -2.09. The molecule has 0 saturated heterocycles. The van der Waals surface area contributed by atoms with Gasteiger partial charge in [-0.15, -0.1) is 0 Å². The van der Waals surface area contributed by atoms with Gasteiger partial charge in [0.1, 0.15) is 0 Å². The first-order valence-corrected chi connectivity index (χ1v) is 6.92. The molecule has 0 bridgehead atoms. The smallest absolute Gasteiger partial charge is 0.0836 e. The molecule has 19 heavy (non-hydrogen) atoms. The van der Waals surface area contributed by atoms with E-state index in [1.54, 1.807) is 6.07 Å². The SMILES string of the molecule is Cc1nn(-c2ccc(Cl)cc2Cl)c(C)c1CC(C)N. The van der Waals surface area contributed by atoms with E-state index in [9.17, 15) is 0 Å². The van der Waals surface area contributed by atoms with Gasteiger partial charge in [-0.25, -0.2) is 4.68 Å². The van der Waals surface area contributed by atoms with Crippen molar-refractivity contribution < 1.29 is 0 Å². The Labute approximate surface area is 123 Å². The summed E-state index contributed by atoms with van der Waals surface area (Å²) in [6, 6.07) is 5.51. The van der Waals surface area contributed by atoms with E-state index < -0.39 is 0 Å². The zero-order valence-electron chi connectivity index (χ0n) is 11.2. The fourth-order valence-corrected chi connectivity index (χ4v) is 2.67. The van der Waals surface area contributed by atoms with Crippen LogP contribution >= 0.6 is 23.2 Å². The first-order valence-electron chi connectivity index (χ1n) is 6.16. The molecular formula is C14H17Cl2N3. The quantitative estimate of drug-likeness (QED) is 0.939. The van der Waals surface area contributed by atoms with E-state index >= 15 is 0 Å². The van der Waals surface area contributed by atoms with Gasteiger partial charge in [0.2, 0.25) is 0 Å². The van der Waals surface area contributed by atoms with Crippen LogP contribution in [0.15, 0.2) is 18.2 Å². The number of aryl methyl sites for hydroxylation is 1. The maximum Gasteiger partial charge on any atom is 0.0836 e. The third-order valence-corrected chi connectivity index (χ3v) is 3.64. The number of hydrogen-bond acceptors (Lipinski definition) is 2. The van der Waals surface area contributed by atoms with Crippen LogP contribution in [-0.2, 0) is 6.42 Å². The molecule has 2 aromatic rings. The van der Waals surface area contributed by atoms with Crippen LogP contribution in [-0.4, -0.2) is 15.8 Å². The summed E-state index contributed by atoms with van der Waals surface area (Å²) in [5.41, 5.74) is 9.95. The van der Waals surface area contributed by atoms with Gasteiger partial charge in [-0.2, -0.15) is 5.10 Å². The molecule has 0 spiro atoms. The molecule has 1 aromatic heterocycles. The number of halogens is 2. The molecule has 0 saturated carbocycles. The van der Waals surface area contributed by atoms with Gasteiger partial charge < -0.3 is 5.73 Å². The largest absolute Gasteiger partial charge is 0.328 e. The molecule has 0 amide bonds. The first kappa shape index (κ1) is 14.4. The molecule has 1 unspecified atom stereocenters. The zero-order valence-corrected chi connectivity index (χ0v) is 12.8. The van der Waals surface area contributed by atoms with Crippen molar-refractivity contribution in [3.05, 3.63) is 45.2 Å². The van der Waals surface area contributed by atoms with Crippen LogP contribution in [0.4, 0.5) is 0 Å². The Bertz CT molecular complexity index is 603. The molecule has 0 fully saturated rings. The third-order valence-electron chi connectivity index (χ3n) is 3.11. The summed E-state index contributed by atoms with van der Waals surface area (Å²) < 4.78 is 1.85. The second kappa shape index (κ2) is 5.53. The Hall–Kier alpha value is -1.03. The van der Waals surface area contributed by atoms with Crippen LogP contribution in [0.1, 0.15) is 23.9 Å². The number of aromatic nitrogens is 2. The number of rotatable bonds is 3. The summed E-state index contributed by atoms with van der Waals surface area (Å²) in [5.74, 6) is 0. The minimum absolute atomic E-state index is 0.107. The van der Waals surface area contributed by atoms with Gasteiger partial charge in [0.25, 0.3) is 0 Å². The van der Waals surface area contributed by atoms with Crippen LogP contribution in [0.3, 0.4) is 0 Å². The topological polar surface area (TPSA) is 43.8 Å². The Balaban J connectivity index is 2.51. The molecule has 2 rings (SSSR count). The van der Waals surface area contributed by atoms with Gasteiger partial charge in [0.15, 0.2) is 0 Å². The van der Waals surface area contributed by atoms with Gasteiger partial charge in [-0.1, -0.05) is 23.2 Å². The average Bonchev–Trinajstić information content (AvgIpc) is 2.57. The number of nitrogens with two attached hydrogens (primary N) is 1. The fraction of sp³-hybridized carbons (Fsp3) is 0.357. The van der Waals surface area contributed by atoms with Crippen molar-refractivity contribution in [2.75, 3.05) is 0 Å².